The summed E-state index contributed by atoms with van der Waals surface area (Å²) >= 11 is 0. The fourth-order valence-corrected chi connectivity index (χ4v) is 2.48. The average Bonchev–Trinajstić information content (AvgIpc) is 2.41. The van der Waals surface area contributed by atoms with E-state index in [9.17, 15) is 5.11 Å². The van der Waals surface area contributed by atoms with E-state index in [-0.39, 0.29) is 6.61 Å². The Morgan fingerprint density at radius 2 is 2.33 bits per heavy atom. The lowest BCUT2D eigenvalue weighted by atomic mass is 9.98. The zero-order valence-electron chi connectivity index (χ0n) is 10.5. The summed E-state index contributed by atoms with van der Waals surface area (Å²) in [5.41, 5.74) is 8.52. The molecule has 0 aromatic heterocycles. The van der Waals surface area contributed by atoms with Crippen LogP contribution in [0.3, 0.4) is 0 Å². The normalized spacial score (nSPS) is 19.6. The molecular weight excluding hydrogens is 226 g/mol. The average molecular weight is 245 g/mol. The predicted octanol–water partition coefficient (Wildman–Crippen LogP) is 1.54. The molecule has 4 nitrogen and oxygen atoms in total. The molecule has 0 bridgehead atoms. The molecule has 0 aliphatic carbocycles. The van der Waals surface area contributed by atoms with Crippen molar-refractivity contribution in [3.8, 4) is 6.07 Å². The minimum Gasteiger partial charge on any atom is -0.398 e. The standard InChI is InChI=1S/C14H19N3O/c15-6-5-12-8-13(3-4-14(12)16)17-7-1-2-11(9-17)10-18/h3-4,8,11,18H,1-2,5,7,9-10,16H2. The first-order valence-electron chi connectivity index (χ1n) is 6.35. The summed E-state index contributed by atoms with van der Waals surface area (Å²) in [7, 11) is 0. The number of hydrogen-bond acceptors (Lipinski definition) is 4. The van der Waals surface area contributed by atoms with E-state index in [0.717, 1.165) is 37.2 Å². The second-order valence-corrected chi connectivity index (χ2v) is 4.85. The van der Waals surface area contributed by atoms with Crippen LogP contribution in [-0.2, 0) is 6.42 Å². The van der Waals surface area contributed by atoms with Gasteiger partial charge >= 0.3 is 0 Å². The number of rotatable bonds is 3. The topological polar surface area (TPSA) is 73.3 Å². The first kappa shape index (κ1) is 12.7. The molecule has 1 aromatic rings. The molecule has 4 heteroatoms. The van der Waals surface area contributed by atoms with Gasteiger partial charge in [-0.3, -0.25) is 0 Å². The van der Waals surface area contributed by atoms with Crippen LogP contribution in [0.2, 0.25) is 0 Å². The third-order valence-electron chi connectivity index (χ3n) is 3.54. The van der Waals surface area contributed by atoms with Crippen molar-refractivity contribution in [1.82, 2.24) is 0 Å². The lowest BCUT2D eigenvalue weighted by Crippen LogP contribution is -2.36. The number of aliphatic hydroxyl groups excluding tert-OH is 1. The number of nitrogens with zero attached hydrogens (tertiary/aromatic N) is 2. The molecule has 96 valence electrons. The summed E-state index contributed by atoms with van der Waals surface area (Å²) in [6, 6.07) is 8.00. The van der Waals surface area contributed by atoms with Crippen molar-refractivity contribution in [3.63, 3.8) is 0 Å². The van der Waals surface area contributed by atoms with Gasteiger partial charge in [-0.25, -0.2) is 0 Å². The van der Waals surface area contributed by atoms with Gasteiger partial charge < -0.3 is 15.7 Å². The predicted molar refractivity (Wildman–Crippen MR) is 72.2 cm³/mol. The minimum atomic E-state index is 0.247. The van der Waals surface area contributed by atoms with Crippen LogP contribution in [0.5, 0.6) is 0 Å². The van der Waals surface area contributed by atoms with E-state index in [1.165, 1.54) is 0 Å². The summed E-state index contributed by atoms with van der Waals surface area (Å²) in [4.78, 5) is 2.27. The maximum atomic E-state index is 9.25. The van der Waals surface area contributed by atoms with Crippen LogP contribution in [-0.4, -0.2) is 24.8 Å². The van der Waals surface area contributed by atoms with Crippen LogP contribution < -0.4 is 10.6 Å². The lowest BCUT2D eigenvalue weighted by Gasteiger charge is -2.34. The molecule has 18 heavy (non-hydrogen) atoms. The maximum absolute atomic E-state index is 9.25. The first-order valence-corrected chi connectivity index (χ1v) is 6.35. The van der Waals surface area contributed by atoms with E-state index >= 15 is 0 Å². The molecule has 0 amide bonds. The molecule has 1 aromatic carbocycles. The highest BCUT2D eigenvalue weighted by atomic mass is 16.3. The Hall–Kier alpha value is -1.73. The van der Waals surface area contributed by atoms with Gasteiger partial charge in [0.1, 0.15) is 0 Å². The Balaban J connectivity index is 2.17. The number of benzene rings is 1. The van der Waals surface area contributed by atoms with E-state index in [0.29, 0.717) is 18.0 Å². The van der Waals surface area contributed by atoms with Gasteiger partial charge in [0.2, 0.25) is 0 Å². The van der Waals surface area contributed by atoms with Crippen molar-refractivity contribution in [3.05, 3.63) is 23.8 Å². The monoisotopic (exact) mass is 245 g/mol. The van der Waals surface area contributed by atoms with Gasteiger partial charge in [0, 0.05) is 31.1 Å². The molecule has 1 unspecified atom stereocenters. The minimum absolute atomic E-state index is 0.247. The Morgan fingerprint density at radius 1 is 1.50 bits per heavy atom. The second kappa shape index (κ2) is 5.74. The highest BCUT2D eigenvalue weighted by Gasteiger charge is 2.19. The Labute approximate surface area is 108 Å². The molecule has 1 heterocycles. The molecule has 2 rings (SSSR count). The van der Waals surface area contributed by atoms with Crippen molar-refractivity contribution in [2.45, 2.75) is 19.3 Å². The quantitative estimate of drug-likeness (QED) is 0.792. The Kier molecular flexibility index (Phi) is 4.06. The van der Waals surface area contributed by atoms with Gasteiger partial charge in [-0.2, -0.15) is 5.26 Å². The third-order valence-corrected chi connectivity index (χ3v) is 3.54. The first-order chi connectivity index (χ1) is 8.74. The lowest BCUT2D eigenvalue weighted by molar-refractivity contribution is 0.209. The third kappa shape index (κ3) is 2.74. The van der Waals surface area contributed by atoms with Crippen LogP contribution in [0.15, 0.2) is 18.2 Å². The molecular formula is C14H19N3O. The van der Waals surface area contributed by atoms with E-state index in [2.05, 4.69) is 11.0 Å². The summed E-state index contributed by atoms with van der Waals surface area (Å²) in [5, 5.41) is 18.0. The molecule has 1 atom stereocenters. The Bertz CT molecular complexity index is 453. The van der Waals surface area contributed by atoms with Crippen LogP contribution in [0.1, 0.15) is 18.4 Å². The molecule has 1 aliphatic heterocycles. The number of hydrogen-bond donors (Lipinski definition) is 2. The van der Waals surface area contributed by atoms with Crippen molar-refractivity contribution >= 4 is 11.4 Å². The maximum Gasteiger partial charge on any atom is 0.0670 e. The number of aliphatic hydroxyl groups is 1. The number of nitriles is 1. The molecule has 1 fully saturated rings. The van der Waals surface area contributed by atoms with Gasteiger partial charge in [-0.15, -0.1) is 0 Å². The van der Waals surface area contributed by atoms with Crippen LogP contribution in [0, 0.1) is 17.2 Å². The van der Waals surface area contributed by atoms with Crippen molar-refractivity contribution in [2.75, 3.05) is 30.3 Å². The number of anilines is 2. The summed E-state index contributed by atoms with van der Waals surface area (Å²) in [6.45, 7) is 2.13. The van der Waals surface area contributed by atoms with E-state index in [1.807, 2.05) is 18.2 Å². The zero-order valence-corrected chi connectivity index (χ0v) is 10.5. The summed E-state index contributed by atoms with van der Waals surface area (Å²) in [5.74, 6) is 0.357. The van der Waals surface area contributed by atoms with Crippen LogP contribution in [0.25, 0.3) is 0 Å². The van der Waals surface area contributed by atoms with Crippen molar-refractivity contribution in [1.29, 1.82) is 5.26 Å². The fourth-order valence-electron chi connectivity index (χ4n) is 2.48. The van der Waals surface area contributed by atoms with Gasteiger partial charge in [0.05, 0.1) is 12.5 Å². The second-order valence-electron chi connectivity index (χ2n) is 4.85. The van der Waals surface area contributed by atoms with Gasteiger partial charge in [0.25, 0.3) is 0 Å². The fraction of sp³-hybridized carbons (Fsp3) is 0.500. The highest BCUT2D eigenvalue weighted by Crippen LogP contribution is 2.26. The van der Waals surface area contributed by atoms with E-state index in [1.54, 1.807) is 0 Å². The highest BCUT2D eigenvalue weighted by molar-refractivity contribution is 5.59. The molecule has 0 radical (unpaired) electrons. The number of nitrogens with two attached hydrogens (primary N) is 1. The van der Waals surface area contributed by atoms with Crippen molar-refractivity contribution < 1.29 is 5.11 Å². The molecule has 0 saturated carbocycles. The van der Waals surface area contributed by atoms with Crippen LogP contribution >= 0.6 is 0 Å². The van der Waals surface area contributed by atoms with Gasteiger partial charge in [-0.05, 0) is 42.5 Å². The molecule has 1 saturated heterocycles. The molecule has 1 aliphatic rings. The SMILES string of the molecule is N#CCc1cc(N2CCCC(CO)C2)ccc1N. The largest absolute Gasteiger partial charge is 0.398 e. The van der Waals surface area contributed by atoms with Crippen molar-refractivity contribution in [2.24, 2.45) is 5.92 Å². The van der Waals surface area contributed by atoms with Gasteiger partial charge in [0.15, 0.2) is 0 Å². The zero-order chi connectivity index (χ0) is 13.0. The summed E-state index contributed by atoms with van der Waals surface area (Å²) in [6.07, 6.45) is 2.53. The van der Waals surface area contributed by atoms with Crippen LogP contribution in [0.4, 0.5) is 11.4 Å². The molecule has 3 N–H and O–H groups in total. The van der Waals surface area contributed by atoms with E-state index < -0.39 is 0 Å². The smallest absolute Gasteiger partial charge is 0.0670 e. The van der Waals surface area contributed by atoms with E-state index in [4.69, 9.17) is 11.0 Å². The number of piperidine rings is 1. The summed E-state index contributed by atoms with van der Waals surface area (Å²) < 4.78 is 0. The molecule has 0 spiro atoms. The van der Waals surface area contributed by atoms with Gasteiger partial charge in [-0.1, -0.05) is 0 Å². The Morgan fingerprint density at radius 3 is 3.06 bits per heavy atom. The number of nitrogen functional groups attached to an aromatic ring is 1.